The molecule has 5 rings (SSSR count). The molecule has 0 saturated carbocycles. The molecular weight excluding hydrogens is 588 g/mol. The van der Waals surface area contributed by atoms with Crippen LogP contribution in [0.4, 0.5) is 28.8 Å². The van der Waals surface area contributed by atoms with E-state index in [0.29, 0.717) is 17.5 Å². The fourth-order valence-corrected chi connectivity index (χ4v) is 6.54. The molecule has 2 aliphatic heterocycles. The third kappa shape index (κ3) is 7.68. The highest BCUT2D eigenvalue weighted by Crippen LogP contribution is 2.35. The van der Waals surface area contributed by atoms with Gasteiger partial charge in [0.15, 0.2) is 5.82 Å². The van der Waals surface area contributed by atoms with Crippen LogP contribution < -0.4 is 25.0 Å². The highest BCUT2D eigenvalue weighted by molar-refractivity contribution is 7.89. The van der Waals surface area contributed by atoms with Gasteiger partial charge >= 0.3 is 0 Å². The zero-order valence-corrected chi connectivity index (χ0v) is 26.7. The van der Waals surface area contributed by atoms with Crippen molar-refractivity contribution < 1.29 is 13.2 Å². The summed E-state index contributed by atoms with van der Waals surface area (Å²) in [6.07, 6.45) is 3.73. The number of halogens is 1. The van der Waals surface area contributed by atoms with E-state index in [4.69, 9.17) is 16.3 Å². The lowest BCUT2D eigenvalue weighted by Crippen LogP contribution is -2.52. The van der Waals surface area contributed by atoms with Gasteiger partial charge in [-0.2, -0.15) is 4.98 Å². The second-order valence-corrected chi connectivity index (χ2v) is 13.5. The van der Waals surface area contributed by atoms with Crippen molar-refractivity contribution in [3.05, 3.63) is 53.7 Å². The Labute approximate surface area is 259 Å². The Bertz CT molecular complexity index is 1510. The summed E-state index contributed by atoms with van der Waals surface area (Å²) >= 11 is 6.41. The maximum atomic E-state index is 12.5. The van der Waals surface area contributed by atoms with E-state index in [9.17, 15) is 8.42 Å². The molecule has 11 nitrogen and oxygen atoms in total. The first kappa shape index (κ1) is 31.3. The number of anilines is 5. The quantitative estimate of drug-likeness (QED) is 0.296. The van der Waals surface area contributed by atoms with E-state index in [0.717, 1.165) is 63.5 Å². The standard InChI is InChI=1S/C30H41ClN8O3S/c1-21(2)42-27-19-23(38-13-11-22(12-14-38)39-17-15-37(4)16-18-39)9-10-25(27)35-30-33-20-24(31)29(36-30)34-26-7-5-6-8-28(26)43(40,41)32-3/h5-10,19-22,32H,11-18H2,1-4H3,(H2,33,34,35,36). The molecule has 0 amide bonds. The van der Waals surface area contributed by atoms with Crippen LogP contribution in [0.3, 0.4) is 0 Å². The fourth-order valence-electron chi connectivity index (χ4n) is 5.52. The Morgan fingerprint density at radius 3 is 2.40 bits per heavy atom. The first-order valence-electron chi connectivity index (χ1n) is 14.7. The third-order valence-corrected chi connectivity index (χ3v) is 9.65. The van der Waals surface area contributed by atoms with Crippen LogP contribution in [0.1, 0.15) is 26.7 Å². The third-order valence-electron chi connectivity index (χ3n) is 7.90. The zero-order chi connectivity index (χ0) is 30.6. The van der Waals surface area contributed by atoms with Gasteiger partial charge in [0.25, 0.3) is 0 Å². The zero-order valence-electron chi connectivity index (χ0n) is 25.2. The summed E-state index contributed by atoms with van der Waals surface area (Å²) in [6, 6.07) is 13.3. The van der Waals surface area contributed by atoms with Gasteiger partial charge < -0.3 is 25.2 Å². The average molecular weight is 629 g/mol. The summed E-state index contributed by atoms with van der Waals surface area (Å²) in [5.41, 5.74) is 2.18. The van der Waals surface area contributed by atoms with Gasteiger partial charge in [0.1, 0.15) is 15.7 Å². The molecule has 3 aromatic rings. The van der Waals surface area contributed by atoms with Crippen LogP contribution in [0.5, 0.6) is 5.75 Å². The summed E-state index contributed by atoms with van der Waals surface area (Å²) in [7, 11) is -0.137. The largest absolute Gasteiger partial charge is 0.489 e. The Kier molecular flexibility index (Phi) is 9.92. The molecule has 2 aromatic carbocycles. The normalized spacial score (nSPS) is 17.3. The lowest BCUT2D eigenvalue weighted by atomic mass is 10.0. The minimum Gasteiger partial charge on any atom is -0.489 e. The van der Waals surface area contributed by atoms with Crippen molar-refractivity contribution in [1.29, 1.82) is 0 Å². The Balaban J connectivity index is 1.32. The van der Waals surface area contributed by atoms with Gasteiger partial charge in [0, 0.05) is 57.1 Å². The molecule has 0 bridgehead atoms. The minimum absolute atomic E-state index is 0.0345. The number of hydrogen-bond acceptors (Lipinski definition) is 10. The van der Waals surface area contributed by atoms with Gasteiger partial charge in [-0.1, -0.05) is 23.7 Å². The second-order valence-electron chi connectivity index (χ2n) is 11.2. The molecule has 2 aliphatic rings. The number of aromatic nitrogens is 2. The molecule has 3 N–H and O–H groups in total. The fraction of sp³-hybridized carbons (Fsp3) is 0.467. The smallest absolute Gasteiger partial charge is 0.242 e. The van der Waals surface area contributed by atoms with E-state index in [2.05, 4.69) is 59.2 Å². The molecule has 232 valence electrons. The number of hydrogen-bond donors (Lipinski definition) is 3. The monoisotopic (exact) mass is 628 g/mol. The summed E-state index contributed by atoms with van der Waals surface area (Å²) in [5.74, 6) is 1.26. The van der Waals surface area contributed by atoms with Gasteiger partial charge in [0.05, 0.1) is 23.7 Å². The highest BCUT2D eigenvalue weighted by Gasteiger charge is 2.27. The molecule has 0 radical (unpaired) electrons. The lowest BCUT2D eigenvalue weighted by molar-refractivity contribution is 0.0982. The van der Waals surface area contributed by atoms with Crippen LogP contribution in [-0.2, 0) is 10.0 Å². The number of ether oxygens (including phenoxy) is 1. The van der Waals surface area contributed by atoms with E-state index >= 15 is 0 Å². The van der Waals surface area contributed by atoms with E-state index in [1.54, 1.807) is 18.2 Å². The molecule has 3 heterocycles. The van der Waals surface area contributed by atoms with Crippen molar-refractivity contribution in [3.63, 3.8) is 0 Å². The molecule has 2 saturated heterocycles. The predicted molar refractivity (Wildman–Crippen MR) is 173 cm³/mol. The van der Waals surface area contributed by atoms with Crippen molar-refractivity contribution in [2.45, 2.75) is 43.7 Å². The van der Waals surface area contributed by atoms with Crippen molar-refractivity contribution in [1.82, 2.24) is 24.5 Å². The number of sulfonamides is 1. The van der Waals surface area contributed by atoms with E-state index in [-0.39, 0.29) is 27.8 Å². The maximum Gasteiger partial charge on any atom is 0.242 e. The number of piperazine rings is 1. The SMILES string of the molecule is CNS(=O)(=O)c1ccccc1Nc1nc(Nc2ccc(N3CCC(N4CCN(C)CC4)CC3)cc2OC(C)C)ncc1Cl. The van der Waals surface area contributed by atoms with Crippen LogP contribution in [0.25, 0.3) is 0 Å². The Morgan fingerprint density at radius 1 is 0.977 bits per heavy atom. The number of likely N-dealkylation sites (N-methyl/N-ethyl adjacent to an activating group) is 1. The van der Waals surface area contributed by atoms with Gasteiger partial charge in [-0.25, -0.2) is 18.1 Å². The van der Waals surface area contributed by atoms with E-state index in [1.807, 2.05) is 19.9 Å². The highest BCUT2D eigenvalue weighted by atomic mass is 35.5. The maximum absolute atomic E-state index is 12.5. The van der Waals surface area contributed by atoms with Crippen LogP contribution in [0, 0.1) is 0 Å². The second kappa shape index (κ2) is 13.6. The van der Waals surface area contributed by atoms with Gasteiger partial charge in [-0.05, 0) is 65.0 Å². The number of benzene rings is 2. The van der Waals surface area contributed by atoms with E-state index in [1.165, 1.54) is 19.3 Å². The van der Waals surface area contributed by atoms with Gasteiger partial charge in [0.2, 0.25) is 16.0 Å². The number of nitrogens with zero attached hydrogens (tertiary/aromatic N) is 5. The number of rotatable bonds is 10. The van der Waals surface area contributed by atoms with Gasteiger partial charge in [-0.15, -0.1) is 0 Å². The van der Waals surface area contributed by atoms with Crippen LogP contribution in [0.15, 0.2) is 53.6 Å². The number of para-hydroxylation sites is 1. The van der Waals surface area contributed by atoms with Crippen molar-refractivity contribution in [2.75, 3.05) is 68.9 Å². The van der Waals surface area contributed by atoms with Crippen LogP contribution in [0.2, 0.25) is 5.02 Å². The molecule has 13 heteroatoms. The van der Waals surface area contributed by atoms with Crippen molar-refractivity contribution in [2.24, 2.45) is 0 Å². The first-order valence-corrected chi connectivity index (χ1v) is 16.6. The van der Waals surface area contributed by atoms with Gasteiger partial charge in [-0.3, -0.25) is 4.90 Å². The van der Waals surface area contributed by atoms with Crippen LogP contribution in [-0.4, -0.2) is 93.7 Å². The van der Waals surface area contributed by atoms with Crippen LogP contribution >= 0.6 is 11.6 Å². The minimum atomic E-state index is -3.70. The average Bonchev–Trinajstić information content (AvgIpc) is 3.00. The summed E-state index contributed by atoms with van der Waals surface area (Å²) in [6.45, 7) is 10.6. The summed E-state index contributed by atoms with van der Waals surface area (Å²) < 4.78 is 33.6. The molecule has 0 spiro atoms. The molecule has 0 atom stereocenters. The Morgan fingerprint density at radius 2 is 1.70 bits per heavy atom. The summed E-state index contributed by atoms with van der Waals surface area (Å²) in [4.78, 5) is 16.5. The van der Waals surface area contributed by atoms with Crippen molar-refractivity contribution >= 4 is 50.5 Å². The first-order chi connectivity index (χ1) is 20.6. The lowest BCUT2D eigenvalue weighted by Gasteiger charge is -2.42. The Hall–Kier alpha value is -3.16. The predicted octanol–water partition coefficient (Wildman–Crippen LogP) is 4.53. The molecule has 0 unspecified atom stereocenters. The van der Waals surface area contributed by atoms with Crippen molar-refractivity contribution in [3.8, 4) is 5.75 Å². The molecule has 1 aromatic heterocycles. The number of nitrogens with one attached hydrogen (secondary N) is 3. The molecule has 43 heavy (non-hydrogen) atoms. The summed E-state index contributed by atoms with van der Waals surface area (Å²) in [5, 5.41) is 6.56. The molecule has 0 aliphatic carbocycles. The number of piperidine rings is 1. The molecular formula is C30H41ClN8O3S. The molecule has 2 fully saturated rings. The topological polar surface area (TPSA) is 115 Å². The van der Waals surface area contributed by atoms with E-state index < -0.39 is 10.0 Å².